The highest BCUT2D eigenvalue weighted by Gasteiger charge is 2.22. The molecule has 0 bridgehead atoms. The minimum Gasteiger partial charge on any atom is -0.388 e. The zero-order valence-corrected chi connectivity index (χ0v) is 8.88. The van der Waals surface area contributed by atoms with Crippen molar-refractivity contribution in [3.8, 4) is 0 Å². The molecule has 1 unspecified atom stereocenters. The van der Waals surface area contributed by atoms with Gasteiger partial charge in [0.15, 0.2) is 0 Å². The Morgan fingerprint density at radius 3 is 2.36 bits per heavy atom. The largest absolute Gasteiger partial charge is 0.388 e. The second-order valence-electron chi connectivity index (χ2n) is 3.29. The van der Waals surface area contributed by atoms with Crippen LogP contribution in [-0.2, 0) is 0 Å². The molecule has 1 rings (SSSR count). The van der Waals surface area contributed by atoms with Gasteiger partial charge in [0.05, 0.1) is 6.10 Å². The normalized spacial score (nSPS) is 23.1. The molecule has 0 radical (unpaired) electrons. The number of hydrogen-bond acceptors (Lipinski definition) is 1. The fourth-order valence-corrected chi connectivity index (χ4v) is 2.21. The quantitative estimate of drug-likeness (QED) is 0.762. The number of rotatable bonds is 2. The van der Waals surface area contributed by atoms with Gasteiger partial charge in [0.25, 0.3) is 0 Å². The molecular formula is C9H15IO. The second kappa shape index (κ2) is 4.45. The third-order valence-electron chi connectivity index (χ3n) is 2.42. The maximum atomic E-state index is 9.64. The van der Waals surface area contributed by atoms with Gasteiger partial charge < -0.3 is 5.11 Å². The molecule has 2 heteroatoms. The van der Waals surface area contributed by atoms with Crippen LogP contribution in [0.5, 0.6) is 0 Å². The number of aliphatic hydroxyl groups excluding tert-OH is 1. The summed E-state index contributed by atoms with van der Waals surface area (Å²) in [7, 11) is 0. The van der Waals surface area contributed by atoms with Gasteiger partial charge in [0.2, 0.25) is 0 Å². The maximum Gasteiger partial charge on any atom is 0.0868 e. The number of halogens is 1. The summed E-state index contributed by atoms with van der Waals surface area (Å²) in [6.45, 7) is 3.77. The van der Waals surface area contributed by atoms with E-state index >= 15 is 0 Å². The predicted molar refractivity (Wildman–Crippen MR) is 55.7 cm³/mol. The third-order valence-corrected chi connectivity index (χ3v) is 3.06. The van der Waals surface area contributed by atoms with Crippen molar-refractivity contribution >= 4 is 22.6 Å². The van der Waals surface area contributed by atoms with E-state index in [2.05, 4.69) is 29.2 Å². The van der Waals surface area contributed by atoms with Gasteiger partial charge in [-0.05, 0) is 41.4 Å². The lowest BCUT2D eigenvalue weighted by atomic mass is 9.85. The molecule has 0 saturated heterocycles. The summed E-state index contributed by atoms with van der Waals surface area (Å²) >= 11 is 2.13. The van der Waals surface area contributed by atoms with Crippen LogP contribution in [0.25, 0.3) is 0 Å². The van der Waals surface area contributed by atoms with Crippen molar-refractivity contribution in [3.63, 3.8) is 0 Å². The van der Waals surface area contributed by atoms with Crippen molar-refractivity contribution in [2.24, 2.45) is 5.92 Å². The molecule has 0 aromatic rings. The lowest BCUT2D eigenvalue weighted by Crippen LogP contribution is -2.22. The fraction of sp³-hybridized carbons (Fsp3) is 0.778. The van der Waals surface area contributed by atoms with E-state index in [0.717, 1.165) is 3.58 Å². The first-order valence-corrected chi connectivity index (χ1v) is 5.32. The summed E-state index contributed by atoms with van der Waals surface area (Å²) in [5.74, 6) is 0.494. The zero-order valence-electron chi connectivity index (χ0n) is 6.72. The molecule has 1 fully saturated rings. The van der Waals surface area contributed by atoms with Crippen LogP contribution < -0.4 is 0 Å². The van der Waals surface area contributed by atoms with E-state index < -0.39 is 0 Å². The van der Waals surface area contributed by atoms with Crippen LogP contribution in [0.1, 0.15) is 32.1 Å². The van der Waals surface area contributed by atoms with Crippen LogP contribution in [0.15, 0.2) is 10.2 Å². The van der Waals surface area contributed by atoms with Gasteiger partial charge in [-0.15, -0.1) is 0 Å². The highest BCUT2D eigenvalue weighted by atomic mass is 127. The van der Waals surface area contributed by atoms with E-state index in [0.29, 0.717) is 5.92 Å². The molecular weight excluding hydrogens is 251 g/mol. The van der Waals surface area contributed by atoms with E-state index in [1.165, 1.54) is 32.1 Å². The summed E-state index contributed by atoms with van der Waals surface area (Å²) < 4.78 is 0.898. The first kappa shape index (κ1) is 9.52. The van der Waals surface area contributed by atoms with Gasteiger partial charge in [-0.1, -0.05) is 25.8 Å². The molecule has 0 aromatic carbocycles. The number of hydrogen-bond donors (Lipinski definition) is 1. The van der Waals surface area contributed by atoms with E-state index in [1.807, 2.05) is 0 Å². The van der Waals surface area contributed by atoms with E-state index in [9.17, 15) is 5.11 Å². The molecule has 64 valence electrons. The molecule has 0 spiro atoms. The fourth-order valence-electron chi connectivity index (χ4n) is 1.71. The van der Waals surface area contributed by atoms with Gasteiger partial charge in [-0.25, -0.2) is 0 Å². The van der Waals surface area contributed by atoms with Crippen LogP contribution in [0.4, 0.5) is 0 Å². The molecule has 0 heterocycles. The standard InChI is InChI=1S/C9H15IO/c1-7(10)9(11)8-5-3-2-4-6-8/h8-9,11H,1-6H2. The topological polar surface area (TPSA) is 20.2 Å². The van der Waals surface area contributed by atoms with Gasteiger partial charge >= 0.3 is 0 Å². The Balaban J connectivity index is 2.38. The molecule has 1 nitrogen and oxygen atoms in total. The summed E-state index contributed by atoms with van der Waals surface area (Å²) in [4.78, 5) is 0. The molecule has 0 aromatic heterocycles. The number of aliphatic hydroxyl groups is 1. The van der Waals surface area contributed by atoms with Crippen LogP contribution in [0, 0.1) is 5.92 Å². The van der Waals surface area contributed by atoms with Crippen LogP contribution in [-0.4, -0.2) is 11.2 Å². The van der Waals surface area contributed by atoms with Crippen molar-refractivity contribution in [3.05, 3.63) is 10.2 Å². The van der Waals surface area contributed by atoms with Gasteiger partial charge in [-0.3, -0.25) is 0 Å². The summed E-state index contributed by atoms with van der Waals surface area (Å²) in [6.07, 6.45) is 6.02. The Bertz CT molecular complexity index is 138. The molecule has 0 amide bonds. The maximum absolute atomic E-state index is 9.64. The Kier molecular flexibility index (Phi) is 3.85. The average Bonchev–Trinajstić information content (AvgIpc) is 2.05. The minimum atomic E-state index is -0.254. The molecule has 1 aliphatic rings. The van der Waals surface area contributed by atoms with Gasteiger partial charge in [0, 0.05) is 3.58 Å². The Morgan fingerprint density at radius 2 is 1.91 bits per heavy atom. The van der Waals surface area contributed by atoms with Gasteiger partial charge in [-0.2, -0.15) is 0 Å². The molecule has 1 saturated carbocycles. The third kappa shape index (κ3) is 2.75. The monoisotopic (exact) mass is 266 g/mol. The van der Waals surface area contributed by atoms with Crippen molar-refractivity contribution in [2.45, 2.75) is 38.2 Å². The Morgan fingerprint density at radius 1 is 1.36 bits per heavy atom. The minimum absolute atomic E-state index is 0.254. The average molecular weight is 266 g/mol. The van der Waals surface area contributed by atoms with Gasteiger partial charge in [0.1, 0.15) is 0 Å². The Labute approximate surface area is 82.0 Å². The van der Waals surface area contributed by atoms with E-state index in [1.54, 1.807) is 0 Å². The Hall–Kier alpha value is 0.430. The summed E-state index contributed by atoms with van der Waals surface area (Å²) in [5, 5.41) is 9.64. The first-order chi connectivity index (χ1) is 5.22. The molecule has 0 aliphatic heterocycles. The van der Waals surface area contributed by atoms with Crippen molar-refractivity contribution in [1.82, 2.24) is 0 Å². The highest BCUT2D eigenvalue weighted by Crippen LogP contribution is 2.30. The zero-order chi connectivity index (χ0) is 8.27. The van der Waals surface area contributed by atoms with E-state index in [-0.39, 0.29) is 6.10 Å². The molecule has 1 aliphatic carbocycles. The first-order valence-electron chi connectivity index (χ1n) is 4.24. The van der Waals surface area contributed by atoms with Crippen molar-refractivity contribution in [1.29, 1.82) is 0 Å². The van der Waals surface area contributed by atoms with Crippen molar-refractivity contribution in [2.75, 3.05) is 0 Å². The van der Waals surface area contributed by atoms with Crippen LogP contribution in [0.2, 0.25) is 0 Å². The molecule has 1 N–H and O–H groups in total. The lowest BCUT2D eigenvalue weighted by molar-refractivity contribution is 0.124. The lowest BCUT2D eigenvalue weighted by Gasteiger charge is -2.25. The summed E-state index contributed by atoms with van der Waals surface area (Å²) in [5.41, 5.74) is 0. The predicted octanol–water partition coefficient (Wildman–Crippen LogP) is 2.88. The smallest absolute Gasteiger partial charge is 0.0868 e. The second-order valence-corrected chi connectivity index (χ2v) is 4.68. The summed E-state index contributed by atoms with van der Waals surface area (Å²) in [6, 6.07) is 0. The highest BCUT2D eigenvalue weighted by molar-refractivity contribution is 14.1. The van der Waals surface area contributed by atoms with Crippen LogP contribution >= 0.6 is 22.6 Å². The van der Waals surface area contributed by atoms with E-state index in [4.69, 9.17) is 0 Å². The van der Waals surface area contributed by atoms with Crippen LogP contribution in [0.3, 0.4) is 0 Å². The SMILES string of the molecule is C=C(I)C(O)C1CCCCC1. The molecule has 1 atom stereocenters. The molecule has 11 heavy (non-hydrogen) atoms. The van der Waals surface area contributed by atoms with Crippen molar-refractivity contribution < 1.29 is 5.11 Å².